The summed E-state index contributed by atoms with van der Waals surface area (Å²) in [6.45, 7) is 5.72. The van der Waals surface area contributed by atoms with Crippen molar-refractivity contribution in [3.8, 4) is 0 Å². The van der Waals surface area contributed by atoms with Gasteiger partial charge < -0.3 is 10.3 Å². The summed E-state index contributed by atoms with van der Waals surface area (Å²) < 4.78 is 0. The van der Waals surface area contributed by atoms with Crippen LogP contribution in [-0.4, -0.2) is 22.6 Å². The lowest BCUT2D eigenvalue weighted by atomic mass is 9.93. The van der Waals surface area contributed by atoms with E-state index < -0.39 is 0 Å². The van der Waals surface area contributed by atoms with E-state index in [1.807, 2.05) is 12.4 Å². The van der Waals surface area contributed by atoms with Gasteiger partial charge >= 0.3 is 0 Å². The van der Waals surface area contributed by atoms with E-state index in [1.54, 1.807) is 0 Å². The number of nitrogens with one attached hydrogen (secondary N) is 2. The minimum atomic E-state index is 0.582. The zero-order valence-corrected chi connectivity index (χ0v) is 10.4. The highest BCUT2D eigenvalue weighted by Crippen LogP contribution is 2.38. The van der Waals surface area contributed by atoms with E-state index in [-0.39, 0.29) is 0 Å². The lowest BCUT2D eigenvalue weighted by molar-refractivity contribution is 0.336. The van der Waals surface area contributed by atoms with Crippen molar-refractivity contribution in [3.63, 3.8) is 0 Å². The zero-order chi connectivity index (χ0) is 11.4. The monoisotopic (exact) mass is 221 g/mol. The zero-order valence-electron chi connectivity index (χ0n) is 10.4. The summed E-state index contributed by atoms with van der Waals surface area (Å²) in [4.78, 5) is 7.54. The maximum Gasteiger partial charge on any atom is 0.107 e. The number of hydrogen-bond donors (Lipinski definition) is 2. The van der Waals surface area contributed by atoms with Crippen LogP contribution in [-0.2, 0) is 6.42 Å². The molecule has 0 radical (unpaired) electrons. The van der Waals surface area contributed by atoms with Crippen molar-refractivity contribution in [2.24, 2.45) is 11.8 Å². The summed E-state index contributed by atoms with van der Waals surface area (Å²) in [7, 11) is 0. The second kappa shape index (κ2) is 5.48. The van der Waals surface area contributed by atoms with Crippen LogP contribution in [0, 0.1) is 11.8 Å². The van der Waals surface area contributed by atoms with Crippen LogP contribution in [0.2, 0.25) is 0 Å². The van der Waals surface area contributed by atoms with Crippen molar-refractivity contribution in [2.45, 2.75) is 45.6 Å². The molecule has 0 spiro atoms. The Morgan fingerprint density at radius 1 is 1.56 bits per heavy atom. The average molecular weight is 221 g/mol. The van der Waals surface area contributed by atoms with Crippen molar-refractivity contribution in [2.75, 3.05) is 6.54 Å². The highest BCUT2D eigenvalue weighted by atomic mass is 14.9. The number of nitrogens with zero attached hydrogens (tertiary/aromatic N) is 1. The summed E-state index contributed by atoms with van der Waals surface area (Å²) in [5, 5.41) is 3.67. The largest absolute Gasteiger partial charge is 0.349 e. The van der Waals surface area contributed by atoms with Gasteiger partial charge in [0.1, 0.15) is 5.82 Å². The van der Waals surface area contributed by atoms with Crippen LogP contribution in [0.4, 0.5) is 0 Å². The molecule has 3 heteroatoms. The summed E-state index contributed by atoms with van der Waals surface area (Å²) in [6, 6.07) is 0.582. The smallest absolute Gasteiger partial charge is 0.107 e. The van der Waals surface area contributed by atoms with E-state index in [9.17, 15) is 0 Å². The summed E-state index contributed by atoms with van der Waals surface area (Å²) in [5.74, 6) is 2.84. The molecule has 2 N–H and O–H groups in total. The minimum Gasteiger partial charge on any atom is -0.349 e. The maximum absolute atomic E-state index is 4.33. The van der Waals surface area contributed by atoms with Crippen LogP contribution in [0.15, 0.2) is 12.4 Å². The Bertz CT molecular complexity index is 290. The van der Waals surface area contributed by atoms with Gasteiger partial charge in [0.2, 0.25) is 0 Å². The number of aromatic nitrogens is 2. The van der Waals surface area contributed by atoms with Gasteiger partial charge in [0.15, 0.2) is 0 Å². The molecule has 0 aromatic carbocycles. The molecule has 1 fully saturated rings. The summed E-state index contributed by atoms with van der Waals surface area (Å²) >= 11 is 0. The Balaban J connectivity index is 1.90. The number of rotatable bonds is 7. The molecule has 0 bridgehead atoms. The first kappa shape index (κ1) is 11.6. The van der Waals surface area contributed by atoms with Crippen LogP contribution < -0.4 is 5.32 Å². The van der Waals surface area contributed by atoms with Crippen LogP contribution in [0.1, 0.15) is 38.9 Å². The number of hydrogen-bond acceptors (Lipinski definition) is 2. The SMILES string of the molecule is CCCNC(Cc1ncc[nH]1)C(C)C1CC1. The third-order valence-electron chi connectivity index (χ3n) is 3.62. The first-order chi connectivity index (χ1) is 7.81. The molecule has 16 heavy (non-hydrogen) atoms. The molecule has 0 saturated heterocycles. The van der Waals surface area contributed by atoms with Crippen molar-refractivity contribution in [3.05, 3.63) is 18.2 Å². The van der Waals surface area contributed by atoms with Crippen molar-refractivity contribution < 1.29 is 0 Å². The molecule has 1 aromatic heterocycles. The fraction of sp³-hybridized carbons (Fsp3) is 0.769. The predicted molar refractivity (Wildman–Crippen MR) is 66.3 cm³/mol. The Labute approximate surface area is 98.1 Å². The summed E-state index contributed by atoms with van der Waals surface area (Å²) in [5.41, 5.74) is 0. The highest BCUT2D eigenvalue weighted by molar-refractivity contribution is 4.95. The third kappa shape index (κ3) is 3.08. The Hall–Kier alpha value is -0.830. The number of imidazole rings is 1. The fourth-order valence-corrected chi connectivity index (χ4v) is 2.34. The molecule has 2 unspecified atom stereocenters. The van der Waals surface area contributed by atoms with Crippen molar-refractivity contribution in [1.29, 1.82) is 0 Å². The first-order valence-corrected chi connectivity index (χ1v) is 6.53. The second-order valence-corrected chi connectivity index (χ2v) is 5.00. The normalized spacial score (nSPS) is 19.6. The fourth-order valence-electron chi connectivity index (χ4n) is 2.34. The Morgan fingerprint density at radius 3 is 2.94 bits per heavy atom. The quantitative estimate of drug-likeness (QED) is 0.742. The number of aromatic amines is 1. The van der Waals surface area contributed by atoms with Gasteiger partial charge in [-0.1, -0.05) is 13.8 Å². The Morgan fingerprint density at radius 2 is 2.38 bits per heavy atom. The minimum absolute atomic E-state index is 0.582. The van der Waals surface area contributed by atoms with E-state index in [4.69, 9.17) is 0 Å². The molecule has 1 saturated carbocycles. The van der Waals surface area contributed by atoms with Gasteiger partial charge in [-0.05, 0) is 37.6 Å². The molecule has 1 aliphatic rings. The maximum atomic E-state index is 4.33. The molecule has 0 aliphatic heterocycles. The molecule has 90 valence electrons. The summed E-state index contributed by atoms with van der Waals surface area (Å²) in [6.07, 6.45) is 8.83. The van der Waals surface area contributed by atoms with Crippen molar-refractivity contribution in [1.82, 2.24) is 15.3 Å². The van der Waals surface area contributed by atoms with Gasteiger partial charge in [0, 0.05) is 24.9 Å². The molecule has 3 nitrogen and oxygen atoms in total. The van der Waals surface area contributed by atoms with Gasteiger partial charge in [-0.15, -0.1) is 0 Å². The molecule has 2 rings (SSSR count). The topological polar surface area (TPSA) is 40.7 Å². The molecule has 1 heterocycles. The third-order valence-corrected chi connectivity index (χ3v) is 3.62. The molecule has 1 aliphatic carbocycles. The van der Waals surface area contributed by atoms with Crippen molar-refractivity contribution >= 4 is 0 Å². The van der Waals surface area contributed by atoms with E-state index in [0.29, 0.717) is 6.04 Å². The predicted octanol–water partition coefficient (Wildman–Crippen LogP) is 2.37. The van der Waals surface area contributed by atoms with Crippen LogP contribution in [0.25, 0.3) is 0 Å². The van der Waals surface area contributed by atoms with Crippen LogP contribution in [0.5, 0.6) is 0 Å². The average Bonchev–Trinajstić information content (AvgIpc) is 3.02. The number of H-pyrrole nitrogens is 1. The lowest BCUT2D eigenvalue weighted by Gasteiger charge is -2.24. The van der Waals surface area contributed by atoms with E-state index in [2.05, 4.69) is 29.1 Å². The first-order valence-electron chi connectivity index (χ1n) is 6.53. The van der Waals surface area contributed by atoms with Gasteiger partial charge in [-0.2, -0.15) is 0 Å². The molecular weight excluding hydrogens is 198 g/mol. The second-order valence-electron chi connectivity index (χ2n) is 5.00. The van der Waals surface area contributed by atoms with E-state index in [0.717, 1.165) is 30.6 Å². The van der Waals surface area contributed by atoms with Gasteiger partial charge in [-0.3, -0.25) is 0 Å². The molecule has 0 amide bonds. The van der Waals surface area contributed by atoms with Gasteiger partial charge in [0.25, 0.3) is 0 Å². The highest BCUT2D eigenvalue weighted by Gasteiger charge is 2.33. The standard InChI is InChI=1S/C13H23N3/c1-3-6-14-12(10(2)11-4-5-11)9-13-15-7-8-16-13/h7-8,10-12,14H,3-6,9H2,1-2H3,(H,15,16). The Kier molecular flexibility index (Phi) is 3.99. The van der Waals surface area contributed by atoms with E-state index in [1.165, 1.54) is 19.3 Å². The van der Waals surface area contributed by atoms with Crippen LogP contribution >= 0.6 is 0 Å². The lowest BCUT2D eigenvalue weighted by Crippen LogP contribution is -2.38. The molecule has 1 aromatic rings. The van der Waals surface area contributed by atoms with Gasteiger partial charge in [-0.25, -0.2) is 4.98 Å². The van der Waals surface area contributed by atoms with Gasteiger partial charge in [0.05, 0.1) is 0 Å². The molecule has 2 atom stereocenters. The van der Waals surface area contributed by atoms with E-state index >= 15 is 0 Å². The van der Waals surface area contributed by atoms with Crippen LogP contribution in [0.3, 0.4) is 0 Å². The molecular formula is C13H23N3.